The van der Waals surface area contributed by atoms with Gasteiger partial charge in [0.15, 0.2) is 0 Å². The zero-order valence-electron chi connectivity index (χ0n) is 31.9. The topological polar surface area (TPSA) is 54.6 Å². The van der Waals surface area contributed by atoms with E-state index in [1.807, 2.05) is 0 Å². The number of rotatable bonds is 6. The first-order valence-electron chi connectivity index (χ1n) is 23.3. The molecular formula is C44H76N6. The van der Waals surface area contributed by atoms with E-state index >= 15 is 0 Å². The Morgan fingerprint density at radius 2 is 0.740 bits per heavy atom. The van der Waals surface area contributed by atoms with Gasteiger partial charge in [0.1, 0.15) is 0 Å². The molecule has 10 fully saturated rings. The highest BCUT2D eigenvalue weighted by molar-refractivity contribution is 5.10. The van der Waals surface area contributed by atoms with Crippen LogP contribution in [0.4, 0.5) is 0 Å². The summed E-state index contributed by atoms with van der Waals surface area (Å²) < 4.78 is 0. The highest BCUT2D eigenvalue weighted by Gasteiger charge is 2.59. The standard InChI is InChI=1S/C44H76N6/c1-3-11-33-29(9-1)23-27-47-43(33)49(39-13-5-7-25-45-39)37-21-17-31-16-20-36-38(22-18-32-15-19-35(37)41(31)42(32)36)50(40-14-6-8-26-46-40)44-34-12-4-2-10-30(34)24-28-48-44/h29-48H,1-28H2. The lowest BCUT2D eigenvalue weighted by molar-refractivity contribution is -0.163. The maximum absolute atomic E-state index is 4.28. The van der Waals surface area contributed by atoms with Crippen molar-refractivity contribution in [1.29, 1.82) is 0 Å². The van der Waals surface area contributed by atoms with E-state index in [1.54, 1.807) is 12.8 Å². The third-order valence-corrected chi connectivity index (χ3v) is 18.1. The smallest absolute Gasteiger partial charge is 0.0645 e. The van der Waals surface area contributed by atoms with Crippen LogP contribution in [0.5, 0.6) is 0 Å². The molecule has 0 bridgehead atoms. The van der Waals surface area contributed by atoms with Crippen molar-refractivity contribution >= 4 is 0 Å². The van der Waals surface area contributed by atoms with Crippen LogP contribution in [0.15, 0.2) is 0 Å². The Kier molecular flexibility index (Phi) is 10.4. The van der Waals surface area contributed by atoms with Gasteiger partial charge >= 0.3 is 0 Å². The van der Waals surface area contributed by atoms with Gasteiger partial charge in [0.05, 0.1) is 24.7 Å². The molecule has 6 nitrogen and oxygen atoms in total. The monoisotopic (exact) mass is 689 g/mol. The first kappa shape index (κ1) is 34.3. The summed E-state index contributed by atoms with van der Waals surface area (Å²) in [6.45, 7) is 4.99. The molecule has 6 heteroatoms. The van der Waals surface area contributed by atoms with Crippen LogP contribution in [-0.4, -0.2) is 72.7 Å². The molecule has 0 radical (unpaired) electrons. The molecule has 0 aromatic heterocycles. The second-order valence-electron chi connectivity index (χ2n) is 20.1. The SMILES string of the molecule is C1CCC(N(C2CCC3CCC4C5C(CCC2C35)CCC4N(C2CCCCN2)C2NCCC3CCCCC32)C2NCCC3CCCCC32)NC1. The minimum atomic E-state index is 0.605. The van der Waals surface area contributed by atoms with Crippen LogP contribution in [0.3, 0.4) is 0 Å². The molecule has 10 aliphatic rings. The van der Waals surface area contributed by atoms with Crippen molar-refractivity contribution in [3.63, 3.8) is 0 Å². The molecule has 16 atom stereocenters. The van der Waals surface area contributed by atoms with Crippen molar-refractivity contribution in [3.05, 3.63) is 0 Å². The van der Waals surface area contributed by atoms with E-state index in [-0.39, 0.29) is 0 Å². The first-order chi connectivity index (χ1) is 24.8. The quantitative estimate of drug-likeness (QED) is 0.230. The van der Waals surface area contributed by atoms with E-state index in [2.05, 4.69) is 31.1 Å². The summed E-state index contributed by atoms with van der Waals surface area (Å²) in [6.07, 6.45) is 37.8. The van der Waals surface area contributed by atoms with Crippen molar-refractivity contribution in [2.24, 2.45) is 59.2 Å². The fourth-order valence-electron chi connectivity index (χ4n) is 16.2. The van der Waals surface area contributed by atoms with Gasteiger partial charge in [-0.1, -0.05) is 38.5 Å². The molecular weight excluding hydrogens is 613 g/mol. The summed E-state index contributed by atoms with van der Waals surface area (Å²) in [5.74, 6) is 9.60. The molecule has 0 spiro atoms. The Morgan fingerprint density at radius 1 is 0.300 bits per heavy atom. The molecule has 4 saturated heterocycles. The molecule has 4 heterocycles. The molecule has 50 heavy (non-hydrogen) atoms. The van der Waals surface area contributed by atoms with Crippen molar-refractivity contribution in [2.75, 3.05) is 26.2 Å². The highest BCUT2D eigenvalue weighted by Crippen LogP contribution is 2.62. The Balaban J connectivity index is 0.964. The lowest BCUT2D eigenvalue weighted by atomic mass is 9.46. The fourth-order valence-corrected chi connectivity index (χ4v) is 16.2. The van der Waals surface area contributed by atoms with Gasteiger partial charge in [0, 0.05) is 12.1 Å². The van der Waals surface area contributed by atoms with Gasteiger partial charge in [-0.3, -0.25) is 9.80 Å². The predicted octanol–water partition coefficient (Wildman–Crippen LogP) is 7.65. The van der Waals surface area contributed by atoms with Crippen LogP contribution in [0.1, 0.15) is 154 Å². The van der Waals surface area contributed by atoms with Crippen LogP contribution in [-0.2, 0) is 0 Å². The van der Waals surface area contributed by atoms with Crippen LogP contribution in [0.2, 0.25) is 0 Å². The maximum Gasteiger partial charge on any atom is 0.0645 e. The van der Waals surface area contributed by atoms with Crippen molar-refractivity contribution in [3.8, 4) is 0 Å². The molecule has 6 aliphatic carbocycles. The van der Waals surface area contributed by atoms with Crippen LogP contribution in [0.25, 0.3) is 0 Å². The summed E-state index contributed by atoms with van der Waals surface area (Å²) in [4.78, 5) is 6.47. The Labute approximate surface area is 306 Å². The minimum absolute atomic E-state index is 0.605. The summed E-state index contributed by atoms with van der Waals surface area (Å²) in [5.41, 5.74) is 0. The van der Waals surface area contributed by atoms with Gasteiger partial charge in [-0.15, -0.1) is 0 Å². The van der Waals surface area contributed by atoms with Crippen molar-refractivity contribution in [2.45, 2.75) is 191 Å². The van der Waals surface area contributed by atoms with Crippen LogP contribution >= 0.6 is 0 Å². The third-order valence-electron chi connectivity index (χ3n) is 18.1. The van der Waals surface area contributed by atoms with E-state index < -0.39 is 0 Å². The lowest BCUT2D eigenvalue weighted by Crippen LogP contribution is -2.70. The molecule has 4 aliphatic heterocycles. The number of fused-ring (bicyclic) bond motifs is 2. The molecule has 4 N–H and O–H groups in total. The van der Waals surface area contributed by atoms with Gasteiger partial charge in [0.2, 0.25) is 0 Å². The molecule has 0 aromatic carbocycles. The van der Waals surface area contributed by atoms with Crippen LogP contribution < -0.4 is 21.3 Å². The average Bonchev–Trinajstić information content (AvgIpc) is 3.19. The van der Waals surface area contributed by atoms with Gasteiger partial charge < -0.3 is 21.3 Å². The van der Waals surface area contributed by atoms with Gasteiger partial charge in [-0.25, -0.2) is 0 Å². The molecule has 0 aromatic rings. The van der Waals surface area contributed by atoms with Gasteiger partial charge in [-0.2, -0.15) is 0 Å². The number of hydrogen-bond donors (Lipinski definition) is 4. The van der Waals surface area contributed by atoms with Crippen molar-refractivity contribution < 1.29 is 0 Å². The molecule has 282 valence electrons. The third kappa shape index (κ3) is 6.20. The van der Waals surface area contributed by atoms with E-state index in [9.17, 15) is 0 Å². The fraction of sp³-hybridized carbons (Fsp3) is 1.00. The molecule has 16 unspecified atom stereocenters. The summed E-state index contributed by atoms with van der Waals surface area (Å²) in [5, 5.41) is 16.9. The number of piperidine rings is 4. The normalized spacial score (nSPS) is 51.0. The highest BCUT2D eigenvalue weighted by atomic mass is 15.4. The van der Waals surface area contributed by atoms with Crippen LogP contribution in [0, 0.1) is 59.2 Å². The number of nitrogens with one attached hydrogen (secondary N) is 4. The first-order valence-corrected chi connectivity index (χ1v) is 23.3. The van der Waals surface area contributed by atoms with Gasteiger partial charge in [-0.05, 0) is 201 Å². The Bertz CT molecular complexity index is 1030. The zero-order chi connectivity index (χ0) is 33.0. The van der Waals surface area contributed by atoms with E-state index in [4.69, 9.17) is 0 Å². The molecule has 10 rings (SSSR count). The lowest BCUT2D eigenvalue weighted by Gasteiger charge is -2.65. The zero-order valence-corrected chi connectivity index (χ0v) is 31.9. The summed E-state index contributed by atoms with van der Waals surface area (Å²) >= 11 is 0. The van der Waals surface area contributed by atoms with E-state index in [0.717, 1.165) is 71.3 Å². The predicted molar refractivity (Wildman–Crippen MR) is 204 cm³/mol. The largest absolute Gasteiger partial charge is 0.302 e. The molecule has 0 amide bonds. The van der Waals surface area contributed by atoms with E-state index in [0.29, 0.717) is 24.7 Å². The van der Waals surface area contributed by atoms with E-state index in [1.165, 1.54) is 167 Å². The second-order valence-corrected chi connectivity index (χ2v) is 20.1. The van der Waals surface area contributed by atoms with Gasteiger partial charge in [0.25, 0.3) is 0 Å². The number of nitrogens with zero attached hydrogens (tertiary/aromatic N) is 2. The number of hydrogen-bond acceptors (Lipinski definition) is 6. The Hall–Kier alpha value is -0.240. The summed E-state index contributed by atoms with van der Waals surface area (Å²) in [7, 11) is 0. The second kappa shape index (κ2) is 15.1. The summed E-state index contributed by atoms with van der Waals surface area (Å²) in [6, 6.07) is 1.59. The van der Waals surface area contributed by atoms with Crippen molar-refractivity contribution in [1.82, 2.24) is 31.1 Å². The Morgan fingerprint density at radius 3 is 1.20 bits per heavy atom. The average molecular weight is 689 g/mol. The maximum atomic E-state index is 4.28. The minimum Gasteiger partial charge on any atom is -0.302 e. The molecule has 6 saturated carbocycles.